The minimum atomic E-state index is -0.0514. The van der Waals surface area contributed by atoms with Crippen LogP contribution in [-0.2, 0) is 5.41 Å². The van der Waals surface area contributed by atoms with Crippen molar-refractivity contribution in [2.75, 3.05) is 0 Å². The van der Waals surface area contributed by atoms with Crippen LogP contribution in [0.5, 0.6) is 0 Å². The van der Waals surface area contributed by atoms with Gasteiger partial charge < -0.3 is 0 Å². The van der Waals surface area contributed by atoms with Crippen molar-refractivity contribution < 1.29 is 0 Å². The van der Waals surface area contributed by atoms with Crippen LogP contribution in [0.4, 0.5) is 0 Å². The van der Waals surface area contributed by atoms with Crippen molar-refractivity contribution in [1.82, 2.24) is 0 Å². The van der Waals surface area contributed by atoms with Crippen molar-refractivity contribution in [3.63, 3.8) is 0 Å². The highest BCUT2D eigenvalue weighted by molar-refractivity contribution is 6.21. The van der Waals surface area contributed by atoms with Crippen LogP contribution >= 0.6 is 0 Å². The first-order valence-corrected chi connectivity index (χ1v) is 15.9. The van der Waals surface area contributed by atoms with E-state index in [9.17, 15) is 0 Å². The van der Waals surface area contributed by atoms with Gasteiger partial charge in [0.2, 0.25) is 0 Å². The molecule has 0 heterocycles. The van der Waals surface area contributed by atoms with Crippen LogP contribution in [-0.4, -0.2) is 0 Å². The third-order valence-electron chi connectivity index (χ3n) is 10.0. The third-order valence-corrected chi connectivity index (χ3v) is 10.0. The molecule has 1 aliphatic carbocycles. The lowest BCUT2D eigenvalue weighted by Gasteiger charge is -2.23. The summed E-state index contributed by atoms with van der Waals surface area (Å²) in [5, 5.41) is 7.80. The Kier molecular flexibility index (Phi) is 5.64. The van der Waals surface area contributed by atoms with Gasteiger partial charge in [-0.15, -0.1) is 0 Å². The van der Waals surface area contributed by atoms with Crippen LogP contribution in [0.3, 0.4) is 0 Å². The maximum absolute atomic E-state index is 2.42. The largest absolute Gasteiger partial charge is 0.0622 e. The first-order valence-electron chi connectivity index (χ1n) is 15.9. The summed E-state index contributed by atoms with van der Waals surface area (Å²) in [7, 11) is 0. The van der Waals surface area contributed by atoms with Crippen LogP contribution in [0, 0.1) is 0 Å². The molecule has 0 aromatic heterocycles. The van der Waals surface area contributed by atoms with E-state index < -0.39 is 0 Å². The molecule has 0 unspecified atom stereocenters. The van der Waals surface area contributed by atoms with Crippen molar-refractivity contribution in [3.05, 3.63) is 169 Å². The van der Waals surface area contributed by atoms with Crippen LogP contribution in [0.1, 0.15) is 25.0 Å². The second-order valence-electron chi connectivity index (χ2n) is 12.9. The van der Waals surface area contributed by atoms with E-state index in [1.54, 1.807) is 0 Å². The predicted molar refractivity (Wildman–Crippen MR) is 193 cm³/mol. The van der Waals surface area contributed by atoms with Crippen LogP contribution < -0.4 is 0 Å². The van der Waals surface area contributed by atoms with Crippen molar-refractivity contribution in [2.24, 2.45) is 0 Å². The highest BCUT2D eigenvalue weighted by atomic mass is 14.4. The third kappa shape index (κ3) is 3.85. The van der Waals surface area contributed by atoms with Gasteiger partial charge in [-0.05, 0) is 100 Å². The maximum atomic E-state index is 2.42. The molecule has 45 heavy (non-hydrogen) atoms. The number of hydrogen-bond acceptors (Lipinski definition) is 0. The van der Waals surface area contributed by atoms with E-state index in [-0.39, 0.29) is 5.41 Å². The summed E-state index contributed by atoms with van der Waals surface area (Å²) in [5.41, 5.74) is 13.1. The van der Waals surface area contributed by atoms with Gasteiger partial charge in [-0.2, -0.15) is 0 Å². The first kappa shape index (κ1) is 26.0. The van der Waals surface area contributed by atoms with Crippen LogP contribution in [0.15, 0.2) is 158 Å². The van der Waals surface area contributed by atoms with Crippen molar-refractivity contribution in [3.8, 4) is 44.5 Å². The molecule has 9 rings (SSSR count). The minimum absolute atomic E-state index is 0.0514. The molecular formula is C45H32. The molecule has 1 aliphatic rings. The highest BCUT2D eigenvalue weighted by Crippen LogP contribution is 2.52. The summed E-state index contributed by atoms with van der Waals surface area (Å²) in [5.74, 6) is 0. The second-order valence-corrected chi connectivity index (χ2v) is 12.9. The molecule has 212 valence electrons. The Hall–Kier alpha value is -5.46. The standard InChI is InChI=1S/C45H32/c1-45(2)41-26-24-32(28-40(41)39-25-23-29-13-6-7-18-34(29)44(39)45)31-16-12-17-33(27-31)43-37-21-10-8-19-35(37)42(30-14-4-3-5-15-30)36-20-9-11-22-38(36)43/h3-28H,1-2H3. The zero-order chi connectivity index (χ0) is 30.1. The van der Waals surface area contributed by atoms with E-state index in [4.69, 9.17) is 0 Å². The molecule has 0 amide bonds. The fourth-order valence-corrected chi connectivity index (χ4v) is 8.01. The lowest BCUT2D eigenvalue weighted by molar-refractivity contribution is 0.666. The summed E-state index contributed by atoms with van der Waals surface area (Å²) in [6.45, 7) is 4.75. The highest BCUT2D eigenvalue weighted by Gasteiger charge is 2.36. The molecule has 0 bridgehead atoms. The van der Waals surface area contributed by atoms with Gasteiger partial charge in [0.15, 0.2) is 0 Å². The Labute approximate surface area is 264 Å². The Morgan fingerprint density at radius 3 is 1.58 bits per heavy atom. The zero-order valence-electron chi connectivity index (χ0n) is 25.5. The number of hydrogen-bond donors (Lipinski definition) is 0. The first-order chi connectivity index (χ1) is 22.1. The van der Waals surface area contributed by atoms with Gasteiger partial charge in [-0.25, -0.2) is 0 Å². The van der Waals surface area contributed by atoms with Gasteiger partial charge in [-0.1, -0.05) is 159 Å². The topological polar surface area (TPSA) is 0 Å². The molecule has 0 saturated heterocycles. The van der Waals surface area contributed by atoms with Gasteiger partial charge in [0.05, 0.1) is 0 Å². The van der Waals surface area contributed by atoms with Gasteiger partial charge in [0.1, 0.15) is 0 Å². The normalized spacial score (nSPS) is 13.3. The Morgan fingerprint density at radius 2 is 0.889 bits per heavy atom. The number of benzene rings is 8. The quantitative estimate of drug-likeness (QED) is 0.185. The molecule has 0 saturated carbocycles. The lowest BCUT2D eigenvalue weighted by Crippen LogP contribution is -2.15. The van der Waals surface area contributed by atoms with Crippen molar-refractivity contribution >= 4 is 32.3 Å². The summed E-state index contributed by atoms with van der Waals surface area (Å²) in [6.07, 6.45) is 0. The molecule has 0 N–H and O–H groups in total. The molecule has 0 atom stereocenters. The van der Waals surface area contributed by atoms with Gasteiger partial charge >= 0.3 is 0 Å². The molecule has 8 aromatic carbocycles. The average Bonchev–Trinajstić information content (AvgIpc) is 3.33. The summed E-state index contributed by atoms with van der Waals surface area (Å²) in [6, 6.07) is 58.3. The number of rotatable bonds is 3. The van der Waals surface area contributed by atoms with E-state index in [0.717, 1.165) is 0 Å². The van der Waals surface area contributed by atoms with E-state index in [1.807, 2.05) is 0 Å². The minimum Gasteiger partial charge on any atom is -0.0622 e. The zero-order valence-corrected chi connectivity index (χ0v) is 25.5. The number of fused-ring (bicyclic) bond motifs is 7. The SMILES string of the molecule is CC1(C)c2ccc(-c3cccc(-c4c5ccccc5c(-c5ccccc5)c5ccccc45)c3)cc2-c2ccc3ccccc3c21. The molecule has 0 spiro atoms. The Bertz CT molecular complexity index is 2390. The second kappa shape index (κ2) is 9.78. The smallest absolute Gasteiger partial charge is 0.0165 e. The van der Waals surface area contributed by atoms with Crippen LogP contribution in [0.2, 0.25) is 0 Å². The Morgan fingerprint density at radius 1 is 0.356 bits per heavy atom. The van der Waals surface area contributed by atoms with Crippen LogP contribution in [0.25, 0.3) is 76.8 Å². The van der Waals surface area contributed by atoms with E-state index in [1.165, 1.54) is 88.0 Å². The summed E-state index contributed by atoms with van der Waals surface area (Å²) >= 11 is 0. The Balaban J connectivity index is 1.25. The summed E-state index contributed by atoms with van der Waals surface area (Å²) in [4.78, 5) is 0. The van der Waals surface area contributed by atoms with Gasteiger partial charge in [0, 0.05) is 5.41 Å². The van der Waals surface area contributed by atoms with Gasteiger partial charge in [0.25, 0.3) is 0 Å². The van der Waals surface area contributed by atoms with E-state index >= 15 is 0 Å². The molecule has 0 aliphatic heterocycles. The molecule has 0 nitrogen and oxygen atoms in total. The molecule has 0 radical (unpaired) electrons. The van der Waals surface area contributed by atoms with Gasteiger partial charge in [-0.3, -0.25) is 0 Å². The average molecular weight is 573 g/mol. The van der Waals surface area contributed by atoms with E-state index in [0.29, 0.717) is 0 Å². The molecule has 0 heteroatoms. The fraction of sp³-hybridized carbons (Fsp3) is 0.0667. The monoisotopic (exact) mass is 572 g/mol. The lowest BCUT2D eigenvalue weighted by atomic mass is 9.80. The van der Waals surface area contributed by atoms with Crippen molar-refractivity contribution in [2.45, 2.75) is 19.3 Å². The molecular weight excluding hydrogens is 540 g/mol. The predicted octanol–water partition coefficient (Wildman–Crippen LogP) is 12.5. The summed E-state index contributed by atoms with van der Waals surface area (Å²) < 4.78 is 0. The van der Waals surface area contributed by atoms with E-state index in [2.05, 4.69) is 172 Å². The molecule has 8 aromatic rings. The van der Waals surface area contributed by atoms with Crippen molar-refractivity contribution in [1.29, 1.82) is 0 Å². The molecule has 0 fully saturated rings. The maximum Gasteiger partial charge on any atom is 0.0165 e. The fourth-order valence-electron chi connectivity index (χ4n) is 8.01.